The number of carbonyl (C=O) groups is 2. The van der Waals surface area contributed by atoms with Crippen molar-refractivity contribution in [3.63, 3.8) is 0 Å². The van der Waals surface area contributed by atoms with Gasteiger partial charge >= 0.3 is 6.18 Å². The molecule has 1 aromatic carbocycles. The van der Waals surface area contributed by atoms with Crippen molar-refractivity contribution in [2.24, 2.45) is 11.3 Å². The number of ketones is 1. The van der Waals surface area contributed by atoms with Crippen molar-refractivity contribution in [1.82, 2.24) is 20.1 Å². The van der Waals surface area contributed by atoms with E-state index < -0.39 is 41.2 Å². The Morgan fingerprint density at radius 1 is 1.19 bits per heavy atom. The molecule has 0 unspecified atom stereocenters. The molecule has 11 heteroatoms. The Hall–Kier alpha value is -3.05. The van der Waals surface area contributed by atoms with Crippen LogP contribution in [0.25, 0.3) is 0 Å². The third kappa shape index (κ3) is 6.46. The van der Waals surface area contributed by atoms with E-state index >= 15 is 4.39 Å². The highest BCUT2D eigenvalue weighted by Crippen LogP contribution is 2.51. The van der Waals surface area contributed by atoms with E-state index in [1.807, 2.05) is 19.0 Å². The molecule has 0 bridgehead atoms. The Morgan fingerprint density at radius 2 is 1.95 bits per heavy atom. The maximum Gasteiger partial charge on any atom is 0.408 e. The Bertz CT molecular complexity index is 1250. The van der Waals surface area contributed by atoms with Gasteiger partial charge in [0.05, 0.1) is 12.5 Å². The summed E-state index contributed by atoms with van der Waals surface area (Å²) in [7, 11) is 5.32. The zero-order chi connectivity index (χ0) is 30.7. The summed E-state index contributed by atoms with van der Waals surface area (Å²) in [4.78, 5) is 35.9. The van der Waals surface area contributed by atoms with Crippen molar-refractivity contribution in [3.8, 4) is 5.88 Å². The summed E-state index contributed by atoms with van der Waals surface area (Å²) >= 11 is 0. The standard InChI is InChI=1S/C31H40F4N4O3/c1-20-22(9-7-10-24(20)32)27-23(28(40)21-12-13-26(42-4)37-17-21)18-36-19-30(27,14-5-6-15-38(2)3)29(41)39-16-8-11-25(39)31(33,34)35/h7,9-10,12-13,17,23,25,27,36H,5-6,8,11,14-16,18-19H2,1-4H3/t23-,25-,27-,30+/m0/s1. The van der Waals surface area contributed by atoms with Crippen LogP contribution in [0.15, 0.2) is 36.5 Å². The molecule has 1 amide bonds. The average Bonchev–Trinajstić information content (AvgIpc) is 3.47. The van der Waals surface area contributed by atoms with Crippen LogP contribution in [-0.4, -0.2) is 86.1 Å². The number of nitrogens with zero attached hydrogens (tertiary/aromatic N) is 3. The van der Waals surface area contributed by atoms with Gasteiger partial charge in [0.1, 0.15) is 11.9 Å². The highest BCUT2D eigenvalue weighted by atomic mass is 19.4. The molecule has 1 aromatic heterocycles. The molecular weight excluding hydrogens is 552 g/mol. The first kappa shape index (κ1) is 31.9. The summed E-state index contributed by atoms with van der Waals surface area (Å²) in [5.74, 6) is -2.82. The molecule has 7 nitrogen and oxygen atoms in total. The number of Topliss-reactive ketones (excluding diaryl/α,β-unsaturated/α-hetero) is 1. The van der Waals surface area contributed by atoms with Crippen LogP contribution in [0.1, 0.15) is 59.5 Å². The Labute approximate surface area is 244 Å². The lowest BCUT2D eigenvalue weighted by atomic mass is 9.59. The maximum atomic E-state index is 15.1. The Kier molecular flexibility index (Phi) is 9.92. The van der Waals surface area contributed by atoms with E-state index in [1.54, 1.807) is 25.1 Å². The first-order valence-corrected chi connectivity index (χ1v) is 14.4. The molecule has 2 fully saturated rings. The smallest absolute Gasteiger partial charge is 0.408 e. The third-order valence-corrected chi connectivity index (χ3v) is 8.81. The Balaban J connectivity index is 1.86. The minimum Gasteiger partial charge on any atom is -0.481 e. The normalized spacial score (nSPS) is 24.7. The Morgan fingerprint density at radius 3 is 2.60 bits per heavy atom. The van der Waals surface area contributed by atoms with Crippen molar-refractivity contribution in [1.29, 1.82) is 0 Å². The van der Waals surface area contributed by atoms with Crippen molar-refractivity contribution in [2.75, 3.05) is 47.4 Å². The number of hydrogen-bond donors (Lipinski definition) is 1. The van der Waals surface area contributed by atoms with Crippen LogP contribution < -0.4 is 10.1 Å². The second-order valence-corrected chi connectivity index (χ2v) is 11.7. The van der Waals surface area contributed by atoms with Crippen molar-refractivity contribution in [3.05, 3.63) is 59.0 Å². The van der Waals surface area contributed by atoms with Gasteiger partial charge in [0.2, 0.25) is 11.8 Å². The summed E-state index contributed by atoms with van der Waals surface area (Å²) in [6.45, 7) is 2.58. The number of amides is 1. The van der Waals surface area contributed by atoms with E-state index in [9.17, 15) is 22.8 Å². The SMILES string of the molecule is COc1ccc(C(=O)[C@H]2CNC[C@@](CCCCN(C)C)(C(=O)N3CCC[C@H]3C(F)(F)F)[C@H]2c2cccc(F)c2C)cn1. The molecular formula is C31H40F4N4O3. The van der Waals surface area contributed by atoms with Crippen LogP contribution in [0.2, 0.25) is 0 Å². The van der Waals surface area contributed by atoms with Gasteiger partial charge in [-0.25, -0.2) is 9.37 Å². The van der Waals surface area contributed by atoms with Crippen molar-refractivity contribution >= 4 is 11.7 Å². The van der Waals surface area contributed by atoms with E-state index in [0.29, 0.717) is 24.3 Å². The molecule has 4 rings (SSSR count). The van der Waals surface area contributed by atoms with Crippen LogP contribution in [0, 0.1) is 24.1 Å². The van der Waals surface area contributed by atoms with E-state index in [4.69, 9.17) is 4.74 Å². The number of piperidine rings is 1. The zero-order valence-corrected chi connectivity index (χ0v) is 24.6. The number of ether oxygens (including phenoxy) is 1. The molecule has 2 saturated heterocycles. The fraction of sp³-hybridized carbons (Fsp3) is 0.581. The number of likely N-dealkylation sites (tertiary alicyclic amines) is 1. The molecule has 0 aliphatic carbocycles. The molecule has 2 aliphatic rings. The summed E-state index contributed by atoms with van der Waals surface area (Å²) in [5, 5.41) is 3.24. The molecule has 42 heavy (non-hydrogen) atoms. The molecule has 1 N–H and O–H groups in total. The van der Waals surface area contributed by atoms with Gasteiger partial charge in [0, 0.05) is 49.3 Å². The largest absolute Gasteiger partial charge is 0.481 e. The van der Waals surface area contributed by atoms with Gasteiger partial charge in [0.25, 0.3) is 0 Å². The number of halogens is 4. The molecule has 0 spiro atoms. The average molecular weight is 593 g/mol. The first-order chi connectivity index (χ1) is 19.9. The molecule has 2 aliphatic heterocycles. The van der Waals surface area contributed by atoms with Crippen LogP contribution in [0.4, 0.5) is 17.6 Å². The van der Waals surface area contributed by atoms with E-state index in [2.05, 4.69) is 10.3 Å². The highest BCUT2D eigenvalue weighted by Gasteiger charge is 2.58. The number of methoxy groups -OCH3 is 1. The van der Waals surface area contributed by atoms with Gasteiger partial charge in [-0.3, -0.25) is 9.59 Å². The number of hydrogen-bond acceptors (Lipinski definition) is 6. The topological polar surface area (TPSA) is 74.8 Å². The van der Waals surface area contributed by atoms with E-state index in [0.717, 1.165) is 11.4 Å². The molecule has 4 atom stereocenters. The van der Waals surface area contributed by atoms with Crippen LogP contribution in [0.5, 0.6) is 5.88 Å². The van der Waals surface area contributed by atoms with Crippen molar-refractivity contribution < 1.29 is 31.9 Å². The monoisotopic (exact) mass is 592 g/mol. The number of nitrogens with one attached hydrogen (secondary N) is 1. The van der Waals surface area contributed by atoms with Crippen molar-refractivity contribution in [2.45, 2.75) is 57.2 Å². The number of alkyl halides is 3. The van der Waals surface area contributed by atoms with Gasteiger partial charge in [-0.05, 0) is 76.5 Å². The van der Waals surface area contributed by atoms with Gasteiger partial charge in [-0.2, -0.15) is 13.2 Å². The van der Waals surface area contributed by atoms with Crippen LogP contribution in [0.3, 0.4) is 0 Å². The maximum absolute atomic E-state index is 15.1. The summed E-state index contributed by atoms with van der Waals surface area (Å²) < 4.78 is 62.6. The second-order valence-electron chi connectivity index (χ2n) is 11.7. The quantitative estimate of drug-likeness (QED) is 0.238. The van der Waals surface area contributed by atoms with E-state index in [1.165, 1.54) is 25.4 Å². The fourth-order valence-corrected chi connectivity index (χ4v) is 6.71. The second kappa shape index (κ2) is 13.1. The lowest BCUT2D eigenvalue weighted by Crippen LogP contribution is -2.61. The summed E-state index contributed by atoms with van der Waals surface area (Å²) in [5.41, 5.74) is -0.363. The molecule has 0 radical (unpaired) electrons. The van der Waals surface area contributed by atoms with Crippen LogP contribution >= 0.6 is 0 Å². The number of rotatable bonds is 10. The van der Waals surface area contributed by atoms with Gasteiger partial charge in [-0.15, -0.1) is 0 Å². The predicted octanol–water partition coefficient (Wildman–Crippen LogP) is 5.00. The van der Waals surface area contributed by atoms with E-state index in [-0.39, 0.29) is 55.8 Å². The molecule has 2 aromatic rings. The number of carbonyl (C=O) groups excluding carboxylic acids is 2. The highest BCUT2D eigenvalue weighted by molar-refractivity contribution is 5.99. The molecule has 0 saturated carbocycles. The fourth-order valence-electron chi connectivity index (χ4n) is 6.71. The number of unbranched alkanes of at least 4 members (excludes halogenated alkanes) is 1. The lowest BCUT2D eigenvalue weighted by molar-refractivity contribution is -0.189. The number of benzene rings is 1. The predicted molar refractivity (Wildman–Crippen MR) is 151 cm³/mol. The lowest BCUT2D eigenvalue weighted by Gasteiger charge is -2.50. The third-order valence-electron chi connectivity index (χ3n) is 8.81. The zero-order valence-electron chi connectivity index (χ0n) is 24.6. The van der Waals surface area contributed by atoms with Gasteiger partial charge in [-0.1, -0.05) is 18.6 Å². The summed E-state index contributed by atoms with van der Waals surface area (Å²) in [6.07, 6.45) is -1.60. The number of aromatic nitrogens is 1. The molecule has 3 heterocycles. The van der Waals surface area contributed by atoms with Gasteiger partial charge in [0.15, 0.2) is 5.78 Å². The number of pyridine rings is 1. The van der Waals surface area contributed by atoms with Crippen LogP contribution in [-0.2, 0) is 4.79 Å². The first-order valence-electron chi connectivity index (χ1n) is 14.4. The molecule has 230 valence electrons. The summed E-state index contributed by atoms with van der Waals surface area (Å²) in [6, 6.07) is 5.80. The van der Waals surface area contributed by atoms with Gasteiger partial charge < -0.3 is 19.9 Å². The minimum absolute atomic E-state index is 0.0156. The minimum atomic E-state index is -4.57.